The Bertz CT molecular complexity index is 1200. The number of hydrogen-bond donors (Lipinski definition) is 1. The fourth-order valence-electron chi connectivity index (χ4n) is 6.24. The molecule has 1 aromatic carbocycles. The summed E-state index contributed by atoms with van der Waals surface area (Å²) in [7, 11) is 0. The second kappa shape index (κ2) is 8.18. The first-order valence-corrected chi connectivity index (χ1v) is 11.9. The monoisotopic (exact) mass is 475 g/mol. The molecule has 7 rings (SSSR count). The fourth-order valence-corrected chi connectivity index (χ4v) is 6.24. The summed E-state index contributed by atoms with van der Waals surface area (Å²) in [6, 6.07) is 9.57. The van der Waals surface area contributed by atoms with Crippen LogP contribution in [0.1, 0.15) is 17.7 Å². The van der Waals surface area contributed by atoms with Crippen LogP contribution in [0.4, 0.5) is 5.82 Å². The van der Waals surface area contributed by atoms with Crippen molar-refractivity contribution in [3.8, 4) is 0 Å². The van der Waals surface area contributed by atoms with E-state index in [2.05, 4.69) is 22.6 Å². The van der Waals surface area contributed by atoms with Crippen molar-refractivity contribution < 1.29 is 28.4 Å². The van der Waals surface area contributed by atoms with E-state index in [-0.39, 0.29) is 35.9 Å². The SMILES string of the molecule is Cc1cc(NC(=O)COC(=O)[C@H](Cc2ccccc2)N2C(=O)[C@@H]3[C@H]4C=C[C@@H]([C@@H]5C[C@H]45)[C@@H]3C2=O)no1. The van der Waals surface area contributed by atoms with Gasteiger partial charge in [0.25, 0.3) is 5.91 Å². The first-order valence-electron chi connectivity index (χ1n) is 11.9. The minimum atomic E-state index is -1.14. The molecule has 3 fully saturated rings. The zero-order valence-corrected chi connectivity index (χ0v) is 19.1. The van der Waals surface area contributed by atoms with Crippen molar-refractivity contribution in [3.05, 3.63) is 59.9 Å². The van der Waals surface area contributed by atoms with Gasteiger partial charge in [0.1, 0.15) is 11.8 Å². The van der Waals surface area contributed by atoms with Gasteiger partial charge in [0.15, 0.2) is 12.4 Å². The van der Waals surface area contributed by atoms with E-state index in [1.54, 1.807) is 6.92 Å². The number of imide groups is 1. The lowest BCUT2D eigenvalue weighted by Gasteiger charge is -2.37. The van der Waals surface area contributed by atoms with E-state index in [4.69, 9.17) is 9.26 Å². The number of anilines is 1. The van der Waals surface area contributed by atoms with Gasteiger partial charge in [-0.25, -0.2) is 4.79 Å². The average molecular weight is 476 g/mol. The molecule has 0 unspecified atom stereocenters. The molecule has 2 heterocycles. The van der Waals surface area contributed by atoms with E-state index < -0.39 is 36.4 Å². The van der Waals surface area contributed by atoms with E-state index in [1.165, 1.54) is 6.07 Å². The molecule has 4 aliphatic carbocycles. The van der Waals surface area contributed by atoms with Gasteiger partial charge in [-0.3, -0.25) is 19.3 Å². The highest BCUT2D eigenvalue weighted by Gasteiger charge is 2.68. The molecule has 9 heteroatoms. The van der Waals surface area contributed by atoms with Gasteiger partial charge in [-0.15, -0.1) is 0 Å². The third-order valence-corrected chi connectivity index (χ3v) is 7.79. The number of ether oxygens (including phenoxy) is 1. The molecular weight excluding hydrogens is 450 g/mol. The molecular formula is C26H25N3O6. The highest BCUT2D eigenvalue weighted by Crippen LogP contribution is 2.65. The minimum Gasteiger partial charge on any atom is -0.454 e. The Morgan fingerprint density at radius 3 is 2.37 bits per heavy atom. The van der Waals surface area contributed by atoms with Crippen LogP contribution < -0.4 is 5.32 Å². The number of likely N-dealkylation sites (tertiary alicyclic amines) is 1. The number of hydrogen-bond acceptors (Lipinski definition) is 7. The summed E-state index contributed by atoms with van der Waals surface area (Å²) >= 11 is 0. The molecule has 2 saturated carbocycles. The average Bonchev–Trinajstić information content (AvgIpc) is 3.53. The number of nitrogens with zero attached hydrogens (tertiary/aromatic N) is 2. The number of amides is 3. The maximum Gasteiger partial charge on any atom is 0.330 e. The Morgan fingerprint density at radius 1 is 1.11 bits per heavy atom. The van der Waals surface area contributed by atoms with Crippen LogP contribution in [-0.2, 0) is 30.3 Å². The molecule has 1 aromatic heterocycles. The molecule has 1 N–H and O–H groups in total. The summed E-state index contributed by atoms with van der Waals surface area (Å²) in [4.78, 5) is 53.8. The number of carbonyl (C=O) groups is 4. The Hall–Kier alpha value is -3.75. The van der Waals surface area contributed by atoms with E-state index in [0.29, 0.717) is 17.6 Å². The number of carbonyl (C=O) groups excluding carboxylic acids is 4. The lowest BCUT2D eigenvalue weighted by molar-refractivity contribution is -0.160. The van der Waals surface area contributed by atoms with Crippen molar-refractivity contribution in [1.29, 1.82) is 0 Å². The Kier molecular flexibility index (Phi) is 5.09. The summed E-state index contributed by atoms with van der Waals surface area (Å²) < 4.78 is 10.2. The number of allylic oxidation sites excluding steroid dienone is 2. The highest BCUT2D eigenvalue weighted by atomic mass is 16.5. The van der Waals surface area contributed by atoms with Gasteiger partial charge in [-0.05, 0) is 42.6 Å². The molecule has 1 saturated heterocycles. The predicted molar refractivity (Wildman–Crippen MR) is 121 cm³/mol. The van der Waals surface area contributed by atoms with Crippen molar-refractivity contribution in [2.45, 2.75) is 25.8 Å². The van der Waals surface area contributed by atoms with Gasteiger partial charge < -0.3 is 14.6 Å². The van der Waals surface area contributed by atoms with Gasteiger partial charge in [-0.2, -0.15) is 0 Å². The zero-order chi connectivity index (χ0) is 24.3. The largest absolute Gasteiger partial charge is 0.454 e. The lowest BCUT2D eigenvalue weighted by atomic mass is 9.63. The summed E-state index contributed by atoms with van der Waals surface area (Å²) in [5.41, 5.74) is 0.788. The topological polar surface area (TPSA) is 119 Å². The normalized spacial score (nSPS) is 30.6. The number of aryl methyl sites for hydroxylation is 1. The van der Waals surface area contributed by atoms with Gasteiger partial charge >= 0.3 is 5.97 Å². The van der Waals surface area contributed by atoms with E-state index >= 15 is 0 Å². The maximum atomic E-state index is 13.6. The second-order valence-electron chi connectivity index (χ2n) is 9.89. The summed E-state index contributed by atoms with van der Waals surface area (Å²) in [6.45, 7) is 1.11. The summed E-state index contributed by atoms with van der Waals surface area (Å²) in [5, 5.41) is 6.16. The maximum absolute atomic E-state index is 13.6. The first kappa shape index (κ1) is 21.8. The Labute approximate surface area is 201 Å². The van der Waals surface area contributed by atoms with Crippen molar-refractivity contribution in [2.75, 3.05) is 11.9 Å². The molecule has 180 valence electrons. The van der Waals surface area contributed by atoms with Crippen LogP contribution in [-0.4, -0.2) is 46.4 Å². The molecule has 3 amide bonds. The molecule has 2 aromatic rings. The number of benzene rings is 1. The summed E-state index contributed by atoms with van der Waals surface area (Å²) in [5.74, 6) is -1.03. The van der Waals surface area contributed by atoms with Crippen molar-refractivity contribution >= 4 is 29.5 Å². The van der Waals surface area contributed by atoms with Crippen LogP contribution >= 0.6 is 0 Å². The number of aromatic nitrogens is 1. The van der Waals surface area contributed by atoms with Gasteiger partial charge in [0.2, 0.25) is 11.8 Å². The number of nitrogens with one attached hydrogen (secondary N) is 1. The van der Waals surface area contributed by atoms with Crippen LogP contribution in [0.15, 0.2) is 53.1 Å². The van der Waals surface area contributed by atoms with Crippen LogP contribution in [0, 0.1) is 42.4 Å². The fraction of sp³-hybridized carbons (Fsp3) is 0.423. The summed E-state index contributed by atoms with van der Waals surface area (Å²) in [6.07, 6.45) is 5.37. The van der Waals surface area contributed by atoms with Crippen molar-refractivity contribution in [1.82, 2.24) is 10.1 Å². The van der Waals surface area contributed by atoms with Crippen LogP contribution in [0.25, 0.3) is 0 Å². The number of rotatable bonds is 7. The zero-order valence-electron chi connectivity index (χ0n) is 19.1. The Balaban J connectivity index is 1.21. The molecule has 0 spiro atoms. The van der Waals surface area contributed by atoms with Crippen LogP contribution in [0.2, 0.25) is 0 Å². The first-order chi connectivity index (χ1) is 16.9. The quantitative estimate of drug-likeness (QED) is 0.370. The van der Waals surface area contributed by atoms with E-state index in [0.717, 1.165) is 16.9 Å². The molecule has 35 heavy (non-hydrogen) atoms. The molecule has 1 aliphatic heterocycles. The van der Waals surface area contributed by atoms with Crippen molar-refractivity contribution in [2.24, 2.45) is 35.5 Å². The van der Waals surface area contributed by atoms with Gasteiger partial charge in [0.05, 0.1) is 11.8 Å². The second-order valence-corrected chi connectivity index (χ2v) is 9.89. The predicted octanol–water partition coefficient (Wildman–Crippen LogP) is 2.13. The highest BCUT2D eigenvalue weighted by molar-refractivity contribution is 6.09. The lowest BCUT2D eigenvalue weighted by Crippen LogP contribution is -2.48. The van der Waals surface area contributed by atoms with Gasteiger partial charge in [-0.1, -0.05) is 47.6 Å². The van der Waals surface area contributed by atoms with Crippen LogP contribution in [0.5, 0.6) is 0 Å². The molecule has 0 radical (unpaired) electrons. The molecule has 7 atom stereocenters. The Morgan fingerprint density at radius 2 is 1.77 bits per heavy atom. The molecule has 9 nitrogen and oxygen atoms in total. The van der Waals surface area contributed by atoms with Crippen LogP contribution in [0.3, 0.4) is 0 Å². The van der Waals surface area contributed by atoms with Crippen molar-refractivity contribution in [3.63, 3.8) is 0 Å². The third kappa shape index (κ3) is 3.66. The third-order valence-electron chi connectivity index (χ3n) is 7.79. The molecule has 2 bridgehead atoms. The van der Waals surface area contributed by atoms with E-state index in [1.807, 2.05) is 30.3 Å². The van der Waals surface area contributed by atoms with Gasteiger partial charge in [0, 0.05) is 12.5 Å². The standard InChI is InChI=1S/C26H25N3O6/c1-13-9-20(28-35-13)27-21(30)12-34-26(33)19(10-14-5-3-2-4-6-14)29-24(31)22-15-7-8-16(18-11-17(15)18)23(22)25(29)32/h2-9,15-19,22-23H,10-12H2,1H3,(H,27,28,30)/t15-,16-,17-,18+,19-,22-,23+/m0/s1. The molecule has 5 aliphatic rings. The number of esters is 1. The van der Waals surface area contributed by atoms with E-state index in [9.17, 15) is 19.2 Å². The minimum absolute atomic E-state index is 0.0570. The smallest absolute Gasteiger partial charge is 0.330 e.